The van der Waals surface area contributed by atoms with E-state index in [-0.39, 0.29) is 11.6 Å². The Hall–Kier alpha value is -0.570. The predicted molar refractivity (Wildman–Crippen MR) is 71.3 cm³/mol. The van der Waals surface area contributed by atoms with Crippen LogP contribution in [0.2, 0.25) is 5.02 Å². The largest absolute Gasteiger partial charge is 0.387 e. The van der Waals surface area contributed by atoms with Crippen molar-refractivity contribution in [2.75, 3.05) is 0 Å². The highest BCUT2D eigenvalue weighted by molar-refractivity contribution is 6.31. The number of rotatable bonds is 2. The van der Waals surface area contributed by atoms with Crippen LogP contribution in [0, 0.1) is 0 Å². The zero-order chi connectivity index (χ0) is 12.5. The van der Waals surface area contributed by atoms with Gasteiger partial charge in [0.15, 0.2) is 0 Å². The van der Waals surface area contributed by atoms with Crippen molar-refractivity contribution >= 4 is 11.6 Å². The first-order chi connectivity index (χ1) is 7.99. The highest BCUT2D eigenvalue weighted by Crippen LogP contribution is 2.31. The molecule has 0 aromatic heterocycles. The van der Waals surface area contributed by atoms with Gasteiger partial charge in [-0.15, -0.1) is 0 Å². The van der Waals surface area contributed by atoms with Crippen LogP contribution in [0.1, 0.15) is 44.8 Å². The van der Waals surface area contributed by atoms with E-state index in [0.717, 1.165) is 24.8 Å². The monoisotopic (exact) mass is 253 g/mol. The van der Waals surface area contributed by atoms with Crippen molar-refractivity contribution in [1.29, 1.82) is 0 Å². The molecule has 17 heavy (non-hydrogen) atoms. The highest BCUT2D eigenvalue weighted by atomic mass is 35.5. The minimum absolute atomic E-state index is 0.0960. The third kappa shape index (κ3) is 3.01. The van der Waals surface area contributed by atoms with Crippen molar-refractivity contribution in [3.8, 4) is 0 Å². The highest BCUT2D eigenvalue weighted by Gasteiger charge is 2.32. The summed E-state index contributed by atoms with van der Waals surface area (Å²) in [6.07, 6.45) is 2.77. The number of nitrogens with one attached hydrogen (secondary N) is 1. The first-order valence-electron chi connectivity index (χ1n) is 6.20. The van der Waals surface area contributed by atoms with E-state index in [2.05, 4.69) is 19.2 Å². The minimum atomic E-state index is -0.525. The number of aliphatic hydroxyl groups excluding tert-OH is 1. The summed E-state index contributed by atoms with van der Waals surface area (Å²) in [7, 11) is 0. The number of piperidine rings is 1. The van der Waals surface area contributed by atoms with Crippen LogP contribution in [0.15, 0.2) is 24.3 Å². The van der Waals surface area contributed by atoms with Crippen LogP contribution in [0.25, 0.3) is 0 Å². The van der Waals surface area contributed by atoms with Crippen LogP contribution < -0.4 is 5.32 Å². The van der Waals surface area contributed by atoms with Gasteiger partial charge < -0.3 is 10.4 Å². The summed E-state index contributed by atoms with van der Waals surface area (Å²) >= 11 is 6.12. The normalized spacial score (nSPS) is 25.5. The number of benzene rings is 1. The Morgan fingerprint density at radius 1 is 1.41 bits per heavy atom. The van der Waals surface area contributed by atoms with Crippen molar-refractivity contribution in [2.45, 2.75) is 50.8 Å². The summed E-state index contributed by atoms with van der Waals surface area (Å²) in [6, 6.07) is 7.62. The van der Waals surface area contributed by atoms with Gasteiger partial charge in [0.1, 0.15) is 0 Å². The first kappa shape index (κ1) is 12.9. The smallest absolute Gasteiger partial charge is 0.0957 e. The molecule has 2 N–H and O–H groups in total. The number of halogens is 1. The minimum Gasteiger partial charge on any atom is -0.387 e. The van der Waals surface area contributed by atoms with Crippen LogP contribution in [0.5, 0.6) is 0 Å². The van der Waals surface area contributed by atoms with Crippen molar-refractivity contribution in [1.82, 2.24) is 5.32 Å². The summed E-state index contributed by atoms with van der Waals surface area (Å²) in [5, 5.41) is 14.6. The lowest BCUT2D eigenvalue weighted by Crippen LogP contribution is -2.51. The summed E-state index contributed by atoms with van der Waals surface area (Å²) < 4.78 is 0. The van der Waals surface area contributed by atoms with Gasteiger partial charge in [-0.25, -0.2) is 0 Å². The van der Waals surface area contributed by atoms with Gasteiger partial charge in [-0.2, -0.15) is 0 Å². The second kappa shape index (κ2) is 4.97. The van der Waals surface area contributed by atoms with Crippen LogP contribution in [-0.4, -0.2) is 16.7 Å². The van der Waals surface area contributed by atoms with Gasteiger partial charge in [0.05, 0.1) is 6.10 Å². The summed E-state index contributed by atoms with van der Waals surface area (Å²) in [5.41, 5.74) is 0.926. The molecule has 1 heterocycles. The Balaban J connectivity index is 2.15. The lowest BCUT2D eigenvalue weighted by atomic mass is 9.85. The summed E-state index contributed by atoms with van der Waals surface area (Å²) in [6.45, 7) is 4.36. The maximum absolute atomic E-state index is 10.4. The van der Waals surface area contributed by atoms with Crippen LogP contribution >= 0.6 is 11.6 Å². The molecule has 1 saturated heterocycles. The van der Waals surface area contributed by atoms with E-state index >= 15 is 0 Å². The Morgan fingerprint density at radius 3 is 2.76 bits per heavy atom. The van der Waals surface area contributed by atoms with Gasteiger partial charge >= 0.3 is 0 Å². The third-order valence-corrected chi connectivity index (χ3v) is 3.84. The molecule has 1 aliphatic rings. The van der Waals surface area contributed by atoms with E-state index in [1.54, 1.807) is 0 Å². The molecular formula is C14H20ClNO. The summed E-state index contributed by atoms with van der Waals surface area (Å²) in [5.74, 6) is 0. The molecule has 2 nitrogen and oxygen atoms in total. The molecule has 0 spiro atoms. The molecule has 3 heteroatoms. The number of aliphatic hydroxyl groups is 1. The molecule has 1 aromatic rings. The molecule has 94 valence electrons. The Bertz CT molecular complexity index is 392. The molecule has 0 saturated carbocycles. The Kier molecular flexibility index (Phi) is 3.76. The van der Waals surface area contributed by atoms with E-state index in [9.17, 15) is 5.11 Å². The van der Waals surface area contributed by atoms with Gasteiger partial charge in [0.2, 0.25) is 0 Å². The molecule has 0 aliphatic carbocycles. The maximum Gasteiger partial charge on any atom is 0.0957 e. The lowest BCUT2D eigenvalue weighted by Gasteiger charge is -2.39. The fraction of sp³-hybridized carbons (Fsp3) is 0.571. The average molecular weight is 254 g/mol. The topological polar surface area (TPSA) is 32.3 Å². The van der Waals surface area contributed by atoms with Gasteiger partial charge in [0, 0.05) is 22.2 Å². The van der Waals surface area contributed by atoms with E-state index < -0.39 is 6.10 Å². The second-order valence-corrected chi connectivity index (χ2v) is 5.90. The molecule has 2 rings (SSSR count). The quantitative estimate of drug-likeness (QED) is 0.848. The zero-order valence-electron chi connectivity index (χ0n) is 10.4. The predicted octanol–water partition coefficient (Wildman–Crippen LogP) is 3.29. The number of hydrogen-bond donors (Lipinski definition) is 2. The molecule has 1 aromatic carbocycles. The van der Waals surface area contributed by atoms with Crippen LogP contribution in [0.3, 0.4) is 0 Å². The van der Waals surface area contributed by atoms with Crippen molar-refractivity contribution in [2.24, 2.45) is 0 Å². The molecule has 2 atom stereocenters. The standard InChI is InChI=1S/C14H20ClNO/c1-14(2)9-5-8-12(16-14)13(17)10-6-3-4-7-11(10)15/h3-4,6-7,12-13,16-17H,5,8-9H2,1-2H3/t12?,13-/m0/s1. The van der Waals surface area contributed by atoms with E-state index in [0.29, 0.717) is 5.02 Å². The van der Waals surface area contributed by atoms with Crippen molar-refractivity contribution in [3.05, 3.63) is 34.9 Å². The summed E-state index contributed by atoms with van der Waals surface area (Å²) in [4.78, 5) is 0. The molecule has 1 aliphatic heterocycles. The fourth-order valence-corrected chi connectivity index (χ4v) is 2.83. The van der Waals surface area contributed by atoms with Crippen LogP contribution in [-0.2, 0) is 0 Å². The van der Waals surface area contributed by atoms with Gasteiger partial charge in [0.25, 0.3) is 0 Å². The number of hydrogen-bond acceptors (Lipinski definition) is 2. The van der Waals surface area contributed by atoms with Gasteiger partial charge in [-0.3, -0.25) is 0 Å². The zero-order valence-corrected chi connectivity index (χ0v) is 11.2. The SMILES string of the molecule is CC1(C)CCCC([C@@H](O)c2ccccc2Cl)N1. The maximum atomic E-state index is 10.4. The van der Waals surface area contributed by atoms with Crippen molar-refractivity contribution in [3.63, 3.8) is 0 Å². The van der Waals surface area contributed by atoms with Gasteiger partial charge in [-0.05, 0) is 39.2 Å². The van der Waals surface area contributed by atoms with E-state index in [1.807, 2.05) is 24.3 Å². The first-order valence-corrected chi connectivity index (χ1v) is 6.57. The molecule has 1 fully saturated rings. The molecule has 0 bridgehead atoms. The second-order valence-electron chi connectivity index (χ2n) is 5.49. The fourth-order valence-electron chi connectivity index (χ4n) is 2.58. The molecular weight excluding hydrogens is 234 g/mol. The van der Waals surface area contributed by atoms with E-state index in [4.69, 9.17) is 11.6 Å². The van der Waals surface area contributed by atoms with Crippen LogP contribution in [0.4, 0.5) is 0 Å². The Labute approximate surface area is 108 Å². The molecule has 0 amide bonds. The molecule has 0 radical (unpaired) electrons. The van der Waals surface area contributed by atoms with Gasteiger partial charge in [-0.1, -0.05) is 29.8 Å². The third-order valence-electron chi connectivity index (χ3n) is 3.50. The molecule has 1 unspecified atom stereocenters. The van der Waals surface area contributed by atoms with E-state index in [1.165, 1.54) is 0 Å². The Morgan fingerprint density at radius 2 is 2.12 bits per heavy atom. The van der Waals surface area contributed by atoms with Crippen molar-refractivity contribution < 1.29 is 5.11 Å². The average Bonchev–Trinajstić information content (AvgIpc) is 2.27. The lowest BCUT2D eigenvalue weighted by molar-refractivity contribution is 0.0845.